The molecule has 0 heterocycles. The van der Waals surface area contributed by atoms with E-state index >= 15 is 0 Å². The van der Waals surface area contributed by atoms with Gasteiger partial charge in [-0.1, -0.05) is 20.8 Å². The summed E-state index contributed by atoms with van der Waals surface area (Å²) in [5.74, 6) is 0.296. The van der Waals surface area contributed by atoms with Crippen LogP contribution in [0, 0.1) is 4.78 Å². The number of thioether (sulfide) groups is 4. The molecule has 2 rings (SSSR count). The van der Waals surface area contributed by atoms with Crippen molar-refractivity contribution < 1.29 is 58.2 Å². The molecule has 2 aliphatic carbocycles. The molecule has 398 valence electrons. The molecule has 69 heavy (non-hydrogen) atoms. The van der Waals surface area contributed by atoms with Crippen LogP contribution in [0.15, 0.2) is 0 Å². The minimum Gasteiger partial charge on any atom is -0.481 e. The average molecular weight is 1070 g/mol. The number of carbonyl (C=O) groups excluding carboxylic acids is 8. The molecule has 4 unspecified atom stereocenters. The number of nitrogens with two attached hydrogens (primary N) is 2. The normalized spacial score (nSPS) is 17.2. The van der Waals surface area contributed by atoms with Crippen molar-refractivity contribution in [2.45, 2.75) is 197 Å². The molecule has 0 saturated heterocycles. The number of hydrogen-bond acceptors (Lipinski definition) is 18. The molecule has 6 atom stereocenters. The van der Waals surface area contributed by atoms with E-state index in [4.69, 9.17) is 26.5 Å². The minimum absolute atomic E-state index is 0. The SMILES string of the molecule is C.CC(=O)CCC(=O)CCC(=O)N[C@H](CCC(=O)O)C(=O)O.CCCCSC1CCC1SCCCC(=O)[C@@H](CCC(C)=O)NC(=O)CCC(=O)CCC(C)=O.N=S.NCCSC1CCC1SCCN. The van der Waals surface area contributed by atoms with Crippen LogP contribution >= 0.6 is 47.0 Å². The van der Waals surface area contributed by atoms with Crippen molar-refractivity contribution in [2.24, 2.45) is 11.5 Å². The molecular formula is C47H83N5O12S5. The van der Waals surface area contributed by atoms with Crippen LogP contribution in [0.3, 0.4) is 0 Å². The number of carboxylic acids is 2. The van der Waals surface area contributed by atoms with Crippen molar-refractivity contribution in [1.82, 2.24) is 10.6 Å². The standard InChI is InChI=1S/C25H41NO5S2.C13H19NO7.C8H18N2S2.CH4.HNS/c1-4-5-16-32-23-13-14-24(23)33-17-6-7-22(30)21(12-9-19(3)28)26-25(31)15-11-20(29)10-8-18(2)27;1-8(15)2-3-9(16)4-6-11(17)14-10(13(20)21)5-7-12(18)19;9-3-5-11-7-1-2-8(7)12-6-4-10;;1-2/h21,23-24H,4-17H2,1-3H3,(H,26,31);10H,2-7H2,1H3,(H,14,17)(H,18,19)(H,20,21);7-8H,1-6,9-10H2;1H4;1H/t21-,23?,24?;10-;;;/m11.../s1. The number of Topliss-reactive ketones (excluding diaryl/α,β-unsaturated/α-hetero) is 6. The number of ketones is 6. The number of carboxylic acid groups (broad SMARTS) is 2. The summed E-state index contributed by atoms with van der Waals surface area (Å²) in [4.78, 5) is 114. The predicted molar refractivity (Wildman–Crippen MR) is 284 cm³/mol. The third kappa shape index (κ3) is 39.5. The van der Waals surface area contributed by atoms with Gasteiger partial charge in [0.25, 0.3) is 0 Å². The fourth-order valence-electron chi connectivity index (χ4n) is 6.22. The van der Waals surface area contributed by atoms with Crippen LogP contribution in [0.1, 0.15) is 164 Å². The molecule has 17 nitrogen and oxygen atoms in total. The molecule has 2 fully saturated rings. The fraction of sp³-hybridized carbons (Fsp3) is 0.787. The van der Waals surface area contributed by atoms with Gasteiger partial charge < -0.3 is 46.7 Å². The van der Waals surface area contributed by atoms with Crippen LogP contribution in [0.4, 0.5) is 0 Å². The van der Waals surface area contributed by atoms with E-state index in [1.165, 1.54) is 65.0 Å². The second-order valence-electron chi connectivity index (χ2n) is 16.5. The summed E-state index contributed by atoms with van der Waals surface area (Å²) in [7, 11) is 0. The Labute approximate surface area is 433 Å². The van der Waals surface area contributed by atoms with Gasteiger partial charge in [0.1, 0.15) is 35.0 Å². The molecule has 9 N–H and O–H groups in total. The lowest BCUT2D eigenvalue weighted by Crippen LogP contribution is -2.41. The molecule has 2 amide bonds. The Balaban J connectivity index is -0.00000103. The van der Waals surface area contributed by atoms with E-state index in [0.29, 0.717) is 18.1 Å². The van der Waals surface area contributed by atoms with E-state index in [-0.39, 0.29) is 119 Å². The van der Waals surface area contributed by atoms with Gasteiger partial charge in [-0.3, -0.25) is 28.8 Å². The molecule has 0 radical (unpaired) electrons. The zero-order valence-electron chi connectivity index (χ0n) is 40.5. The first kappa shape index (κ1) is 70.5. The number of rotatable bonds is 37. The molecule has 22 heteroatoms. The summed E-state index contributed by atoms with van der Waals surface area (Å²) in [6.45, 7) is 8.11. The maximum atomic E-state index is 12.7. The van der Waals surface area contributed by atoms with Crippen LogP contribution in [-0.4, -0.2) is 138 Å². The lowest BCUT2D eigenvalue weighted by Gasteiger charge is -2.35. The van der Waals surface area contributed by atoms with Gasteiger partial charge in [-0.25, -0.2) is 9.57 Å². The van der Waals surface area contributed by atoms with Crippen molar-refractivity contribution in [1.29, 1.82) is 4.78 Å². The van der Waals surface area contributed by atoms with Crippen LogP contribution in [0.2, 0.25) is 0 Å². The van der Waals surface area contributed by atoms with Crippen LogP contribution in [-0.2, 0) is 60.4 Å². The molecule has 2 aliphatic rings. The van der Waals surface area contributed by atoms with Crippen LogP contribution in [0.25, 0.3) is 0 Å². The maximum absolute atomic E-state index is 12.7. The van der Waals surface area contributed by atoms with Gasteiger partial charge in [-0.2, -0.15) is 47.0 Å². The first-order valence-electron chi connectivity index (χ1n) is 23.5. The van der Waals surface area contributed by atoms with E-state index in [2.05, 4.69) is 41.7 Å². The summed E-state index contributed by atoms with van der Waals surface area (Å²) in [6, 6.07) is -1.97. The van der Waals surface area contributed by atoms with Crippen molar-refractivity contribution in [3.05, 3.63) is 0 Å². The Morgan fingerprint density at radius 1 is 0.536 bits per heavy atom. The largest absolute Gasteiger partial charge is 0.481 e. The molecule has 0 aromatic rings. The van der Waals surface area contributed by atoms with E-state index < -0.39 is 29.9 Å². The number of nitrogens with one attached hydrogen (secondary N) is 3. The summed E-state index contributed by atoms with van der Waals surface area (Å²) >= 11 is 11.4. The van der Waals surface area contributed by atoms with Gasteiger partial charge in [-0.15, -0.1) is 0 Å². The Bertz CT molecular complexity index is 1550. The van der Waals surface area contributed by atoms with Crippen molar-refractivity contribution in [3.8, 4) is 0 Å². The van der Waals surface area contributed by atoms with E-state index in [1.54, 1.807) is 0 Å². The molecular weight excluding hydrogens is 987 g/mol. The molecule has 2 saturated carbocycles. The quantitative estimate of drug-likeness (QED) is 0.0319. The Kier molecular flexibility index (Phi) is 46.1. The van der Waals surface area contributed by atoms with Gasteiger partial charge in [0.05, 0.1) is 6.04 Å². The highest BCUT2D eigenvalue weighted by Gasteiger charge is 2.32. The Hall–Kier alpha value is -2.76. The summed E-state index contributed by atoms with van der Waals surface area (Å²) in [5.41, 5.74) is 10.9. The van der Waals surface area contributed by atoms with Gasteiger partial charge >= 0.3 is 11.9 Å². The maximum Gasteiger partial charge on any atom is 0.326 e. The summed E-state index contributed by atoms with van der Waals surface area (Å²) < 4.78 is 5.33. The van der Waals surface area contributed by atoms with E-state index in [9.17, 15) is 47.9 Å². The highest BCUT2D eigenvalue weighted by atomic mass is 32.2. The van der Waals surface area contributed by atoms with E-state index in [0.717, 1.165) is 52.5 Å². The zero-order valence-corrected chi connectivity index (χ0v) is 44.6. The van der Waals surface area contributed by atoms with Crippen molar-refractivity contribution in [3.63, 3.8) is 0 Å². The minimum atomic E-state index is -1.33. The first-order chi connectivity index (χ1) is 32.3. The van der Waals surface area contributed by atoms with Crippen molar-refractivity contribution >= 4 is 118 Å². The molecule has 0 aromatic heterocycles. The van der Waals surface area contributed by atoms with Crippen molar-refractivity contribution in [2.75, 3.05) is 36.1 Å². The third-order valence-electron chi connectivity index (χ3n) is 10.5. The summed E-state index contributed by atoms with van der Waals surface area (Å²) in [5, 5.41) is 25.4. The zero-order chi connectivity index (χ0) is 51.9. The Morgan fingerprint density at radius 3 is 1.25 bits per heavy atom. The van der Waals surface area contributed by atoms with Gasteiger partial charge in [0.2, 0.25) is 11.8 Å². The highest BCUT2D eigenvalue weighted by molar-refractivity contribution is 8.04. The fourth-order valence-corrected chi connectivity index (χ4v) is 12.0. The first-order valence-corrected chi connectivity index (χ1v) is 28.1. The smallest absolute Gasteiger partial charge is 0.326 e. The molecule has 0 spiro atoms. The predicted octanol–water partition coefficient (Wildman–Crippen LogP) is 6.68. The number of unbranched alkanes of at least 4 members (excludes halogenated alkanes) is 1. The number of amides is 2. The lowest BCUT2D eigenvalue weighted by atomic mass is 9.99. The molecule has 0 bridgehead atoms. The lowest BCUT2D eigenvalue weighted by molar-refractivity contribution is -0.143. The van der Waals surface area contributed by atoms with E-state index in [1.807, 2.05) is 35.3 Å². The number of aliphatic carboxylic acids is 2. The molecule has 0 aliphatic heterocycles. The Morgan fingerprint density at radius 2 is 0.899 bits per heavy atom. The third-order valence-corrected chi connectivity index (χ3v) is 16.8. The topological polar surface area (TPSA) is 311 Å². The van der Waals surface area contributed by atoms with Crippen LogP contribution in [0.5, 0.6) is 0 Å². The highest BCUT2D eigenvalue weighted by Crippen LogP contribution is 2.41. The summed E-state index contributed by atoms with van der Waals surface area (Å²) in [6.07, 6.45) is 9.20. The average Bonchev–Trinajstić information content (AvgIpc) is 3.27. The number of carbonyl (C=O) groups is 10. The van der Waals surface area contributed by atoms with Gasteiger partial charge in [0, 0.05) is 129 Å². The second-order valence-corrected chi connectivity index (χ2v) is 21.9. The van der Waals surface area contributed by atoms with Crippen LogP contribution < -0.4 is 22.1 Å². The van der Waals surface area contributed by atoms with Gasteiger partial charge in [0.15, 0.2) is 5.78 Å². The number of hydrogen-bond donors (Lipinski definition) is 7. The molecule has 0 aromatic carbocycles. The monoisotopic (exact) mass is 1070 g/mol. The second kappa shape index (κ2) is 45.1. The van der Waals surface area contributed by atoms with Gasteiger partial charge in [-0.05, 0) is 83.6 Å².